The fraction of sp³-hybridized carbons (Fsp3) is 0.292. The van der Waals surface area contributed by atoms with Crippen LogP contribution in [0, 0.1) is 25.1 Å². The Hall–Kier alpha value is -4.08. The number of carbonyl (C=O) groups is 1. The van der Waals surface area contributed by atoms with Crippen molar-refractivity contribution in [3.8, 4) is 17.3 Å². The molecule has 0 saturated heterocycles. The van der Waals surface area contributed by atoms with Crippen molar-refractivity contribution in [2.45, 2.75) is 33.2 Å². The van der Waals surface area contributed by atoms with Gasteiger partial charge in [-0.2, -0.15) is 10.1 Å². The zero-order valence-electron chi connectivity index (χ0n) is 18.9. The summed E-state index contributed by atoms with van der Waals surface area (Å²) in [6, 6.07) is 6.75. The van der Waals surface area contributed by atoms with Crippen molar-refractivity contribution in [3.63, 3.8) is 0 Å². The van der Waals surface area contributed by atoms with Gasteiger partial charge in [0.15, 0.2) is 11.5 Å². The molecule has 0 aliphatic heterocycles. The molecule has 34 heavy (non-hydrogen) atoms. The third kappa shape index (κ3) is 3.60. The van der Waals surface area contributed by atoms with Crippen LogP contribution in [0.25, 0.3) is 16.7 Å². The van der Waals surface area contributed by atoms with Gasteiger partial charge in [0.1, 0.15) is 11.6 Å². The molecular formula is C24H25FN6O3. The van der Waals surface area contributed by atoms with E-state index >= 15 is 0 Å². The molecule has 0 radical (unpaired) electrons. The van der Waals surface area contributed by atoms with Crippen LogP contribution in [0.3, 0.4) is 0 Å². The number of phenolic OH excluding ortho intramolecular Hbond substituents is 1. The van der Waals surface area contributed by atoms with Gasteiger partial charge in [-0.25, -0.2) is 4.39 Å². The first kappa shape index (κ1) is 21.7. The van der Waals surface area contributed by atoms with E-state index < -0.39 is 5.91 Å². The number of phenols is 1. The van der Waals surface area contributed by atoms with Gasteiger partial charge in [-0.3, -0.25) is 14.0 Å². The van der Waals surface area contributed by atoms with Crippen LogP contribution in [0.4, 0.5) is 10.2 Å². The summed E-state index contributed by atoms with van der Waals surface area (Å²) in [6.07, 6.45) is 4.43. The molecule has 1 aliphatic rings. The molecule has 0 bridgehead atoms. The Morgan fingerprint density at radius 2 is 2.03 bits per heavy atom. The van der Waals surface area contributed by atoms with Gasteiger partial charge in [-0.15, -0.1) is 0 Å². The predicted molar refractivity (Wildman–Crippen MR) is 124 cm³/mol. The van der Waals surface area contributed by atoms with Crippen LogP contribution < -0.4 is 16.2 Å². The van der Waals surface area contributed by atoms with E-state index in [1.165, 1.54) is 12.4 Å². The zero-order chi connectivity index (χ0) is 24.2. The number of anilines is 1. The monoisotopic (exact) mass is 464 g/mol. The van der Waals surface area contributed by atoms with Crippen LogP contribution in [0.5, 0.6) is 11.6 Å². The number of aromatic hydroxyl groups is 1. The highest BCUT2D eigenvalue weighted by Crippen LogP contribution is 2.47. The summed E-state index contributed by atoms with van der Waals surface area (Å²) < 4.78 is 22.5. The number of benzene rings is 1. The van der Waals surface area contributed by atoms with Gasteiger partial charge in [0.2, 0.25) is 5.88 Å². The minimum atomic E-state index is -0.671. The number of aromatic nitrogens is 4. The SMILES string of the molecule is Cc1ccc(O)c(C)c1-n1c(N)c(C(N)=O)c2ccc(OCC3(Cn4cc(F)cn4)CC3)nc21. The number of nitrogen functional groups attached to an aromatic ring is 1. The van der Waals surface area contributed by atoms with E-state index in [-0.39, 0.29) is 28.4 Å². The number of hydrogen-bond acceptors (Lipinski definition) is 6. The molecule has 3 aromatic heterocycles. The van der Waals surface area contributed by atoms with Crippen molar-refractivity contribution in [2.24, 2.45) is 11.1 Å². The highest BCUT2D eigenvalue weighted by molar-refractivity contribution is 6.11. The quantitative estimate of drug-likeness (QED) is 0.384. The van der Waals surface area contributed by atoms with Gasteiger partial charge in [0.25, 0.3) is 5.91 Å². The maximum Gasteiger partial charge on any atom is 0.253 e. The van der Waals surface area contributed by atoms with Gasteiger partial charge in [0.05, 0.1) is 30.3 Å². The molecule has 1 saturated carbocycles. The van der Waals surface area contributed by atoms with Gasteiger partial charge < -0.3 is 21.3 Å². The first-order chi connectivity index (χ1) is 16.2. The standard InChI is InChI=1S/C24H25FN6O3/c1-13-3-5-17(32)14(2)20(13)31-21(26)19(22(27)33)16-4-6-18(29-23(16)31)34-12-24(7-8-24)11-30-10-15(25)9-28-30/h3-6,9-10,32H,7-8,11-12,26H2,1-2H3,(H2,27,33). The van der Waals surface area contributed by atoms with E-state index in [4.69, 9.17) is 16.2 Å². The predicted octanol–water partition coefficient (Wildman–Crippen LogP) is 3.22. The molecule has 3 heterocycles. The Morgan fingerprint density at radius 3 is 2.68 bits per heavy atom. The number of rotatable bonds is 7. The molecule has 1 aliphatic carbocycles. The Morgan fingerprint density at radius 1 is 1.26 bits per heavy atom. The Kier molecular flexibility index (Phi) is 4.96. The number of nitrogens with two attached hydrogens (primary N) is 2. The first-order valence-corrected chi connectivity index (χ1v) is 10.9. The van der Waals surface area contributed by atoms with E-state index in [9.17, 15) is 14.3 Å². The Bertz CT molecular complexity index is 1440. The van der Waals surface area contributed by atoms with Crippen molar-refractivity contribution >= 4 is 22.8 Å². The average molecular weight is 465 g/mol. The summed E-state index contributed by atoms with van der Waals surface area (Å²) in [5.41, 5.74) is 14.5. The summed E-state index contributed by atoms with van der Waals surface area (Å²) in [5.74, 6) is -0.444. The van der Waals surface area contributed by atoms with Crippen LogP contribution >= 0.6 is 0 Å². The molecule has 5 N–H and O–H groups in total. The van der Waals surface area contributed by atoms with Crippen molar-refractivity contribution < 1.29 is 19.0 Å². The lowest BCUT2D eigenvalue weighted by molar-refractivity contribution is 0.100. The smallest absolute Gasteiger partial charge is 0.253 e. The van der Waals surface area contributed by atoms with Crippen molar-refractivity contribution in [3.05, 3.63) is 59.2 Å². The van der Waals surface area contributed by atoms with Gasteiger partial charge in [-0.05, 0) is 44.4 Å². The highest BCUT2D eigenvalue weighted by atomic mass is 19.1. The normalized spacial score (nSPS) is 14.4. The molecule has 0 spiro atoms. The summed E-state index contributed by atoms with van der Waals surface area (Å²) >= 11 is 0. The third-order valence-electron chi connectivity index (χ3n) is 6.48. The number of primary amides is 1. The van der Waals surface area contributed by atoms with Gasteiger partial charge in [-0.1, -0.05) is 6.07 Å². The van der Waals surface area contributed by atoms with Gasteiger partial charge in [0, 0.05) is 29.0 Å². The van der Waals surface area contributed by atoms with Crippen LogP contribution in [-0.4, -0.2) is 37.0 Å². The fourth-order valence-electron chi connectivity index (χ4n) is 4.42. The number of nitrogens with zero attached hydrogens (tertiary/aromatic N) is 4. The molecule has 0 atom stereocenters. The Balaban J connectivity index is 1.53. The molecule has 1 fully saturated rings. The van der Waals surface area contributed by atoms with Crippen molar-refractivity contribution in [1.82, 2.24) is 19.3 Å². The number of aryl methyl sites for hydroxylation is 1. The lowest BCUT2D eigenvalue weighted by Crippen LogP contribution is -2.20. The molecule has 4 aromatic rings. The fourth-order valence-corrected chi connectivity index (χ4v) is 4.42. The third-order valence-corrected chi connectivity index (χ3v) is 6.48. The van der Waals surface area contributed by atoms with E-state index in [1.807, 2.05) is 6.92 Å². The van der Waals surface area contributed by atoms with Crippen LogP contribution in [0.15, 0.2) is 36.7 Å². The van der Waals surface area contributed by atoms with Gasteiger partial charge >= 0.3 is 0 Å². The second-order valence-corrected chi connectivity index (χ2v) is 9.00. The number of halogens is 1. The largest absolute Gasteiger partial charge is 0.508 e. The average Bonchev–Trinajstić information content (AvgIpc) is 3.34. The zero-order valence-corrected chi connectivity index (χ0v) is 18.9. The summed E-state index contributed by atoms with van der Waals surface area (Å²) in [6.45, 7) is 4.58. The summed E-state index contributed by atoms with van der Waals surface area (Å²) in [7, 11) is 0. The number of hydrogen-bond donors (Lipinski definition) is 3. The number of amides is 1. The summed E-state index contributed by atoms with van der Waals surface area (Å²) in [5, 5.41) is 14.8. The Labute approximate surface area is 194 Å². The van der Waals surface area contributed by atoms with E-state index in [0.717, 1.165) is 18.4 Å². The van der Waals surface area contributed by atoms with Crippen LogP contribution in [0.2, 0.25) is 0 Å². The molecule has 9 nitrogen and oxygen atoms in total. The minimum absolute atomic E-state index is 0.0978. The second-order valence-electron chi connectivity index (χ2n) is 9.00. The molecule has 0 unspecified atom stereocenters. The topological polar surface area (TPSA) is 134 Å². The van der Waals surface area contributed by atoms with E-state index in [2.05, 4.69) is 10.1 Å². The number of fused-ring (bicyclic) bond motifs is 1. The molecule has 1 amide bonds. The van der Waals surface area contributed by atoms with E-state index in [1.54, 1.807) is 40.4 Å². The molecule has 10 heteroatoms. The van der Waals surface area contributed by atoms with E-state index in [0.29, 0.717) is 41.3 Å². The maximum absolute atomic E-state index is 13.3. The second kappa shape index (κ2) is 7.75. The highest BCUT2D eigenvalue weighted by Gasteiger charge is 2.44. The molecule has 5 rings (SSSR count). The summed E-state index contributed by atoms with van der Waals surface area (Å²) in [4.78, 5) is 16.9. The lowest BCUT2D eigenvalue weighted by Gasteiger charge is -2.17. The molecule has 1 aromatic carbocycles. The number of ether oxygens (including phenoxy) is 1. The number of carbonyl (C=O) groups excluding carboxylic acids is 1. The molecular weight excluding hydrogens is 439 g/mol. The number of pyridine rings is 1. The maximum atomic E-state index is 13.3. The van der Waals surface area contributed by atoms with Crippen LogP contribution in [0.1, 0.15) is 34.3 Å². The minimum Gasteiger partial charge on any atom is -0.508 e. The lowest BCUT2D eigenvalue weighted by atomic mass is 10.1. The van der Waals surface area contributed by atoms with Crippen molar-refractivity contribution in [2.75, 3.05) is 12.3 Å². The van der Waals surface area contributed by atoms with Crippen LogP contribution in [-0.2, 0) is 6.54 Å². The van der Waals surface area contributed by atoms with Crippen molar-refractivity contribution in [1.29, 1.82) is 0 Å². The molecule has 176 valence electrons. The first-order valence-electron chi connectivity index (χ1n) is 10.9.